The molecule has 0 aromatic rings. The van der Waals surface area contributed by atoms with E-state index in [1.165, 1.54) is 5.75 Å². The summed E-state index contributed by atoms with van der Waals surface area (Å²) in [7, 11) is -1.43. The zero-order valence-corrected chi connectivity index (χ0v) is 13.0. The maximum Gasteiger partial charge on any atom is 0.311 e. The van der Waals surface area contributed by atoms with Crippen LogP contribution >= 0.6 is 9.16 Å². The molecule has 0 bridgehead atoms. The molecular weight excluding hydrogens is 220 g/mol. The van der Waals surface area contributed by atoms with E-state index < -0.39 is 9.16 Å². The summed E-state index contributed by atoms with van der Waals surface area (Å²) in [5, 5.41) is 0. The first-order chi connectivity index (χ1) is 6.94. The van der Waals surface area contributed by atoms with Gasteiger partial charge in [0.2, 0.25) is 0 Å². The summed E-state index contributed by atoms with van der Waals surface area (Å²) in [6.07, 6.45) is 11.2. The SMILES string of the molecule is CCC(C)(C)C(=O)OCCC[SH](C)(C)(C)C. The van der Waals surface area contributed by atoms with Crippen molar-refractivity contribution in [1.29, 1.82) is 0 Å². The largest absolute Gasteiger partial charge is 0.465 e. The molecule has 0 spiro atoms. The first kappa shape index (κ1) is 15.8. The lowest BCUT2D eigenvalue weighted by Crippen LogP contribution is -2.26. The van der Waals surface area contributed by atoms with Gasteiger partial charge in [0.1, 0.15) is 0 Å². The minimum atomic E-state index is -1.43. The summed E-state index contributed by atoms with van der Waals surface area (Å²) >= 11 is 0. The number of esters is 1. The quantitative estimate of drug-likeness (QED) is 0.446. The summed E-state index contributed by atoms with van der Waals surface area (Å²) in [5.74, 6) is 1.13. The Morgan fingerprint density at radius 3 is 2.06 bits per heavy atom. The Labute approximate surface area is 101 Å². The van der Waals surface area contributed by atoms with E-state index >= 15 is 0 Å². The van der Waals surface area contributed by atoms with Gasteiger partial charge in [0, 0.05) is 0 Å². The Kier molecular flexibility index (Phi) is 4.93. The molecule has 0 aromatic carbocycles. The molecule has 16 heavy (non-hydrogen) atoms. The second-order valence-corrected chi connectivity index (χ2v) is 15.7. The van der Waals surface area contributed by atoms with E-state index in [0.29, 0.717) is 6.61 Å². The van der Waals surface area contributed by atoms with Gasteiger partial charge in [-0.2, -0.15) is 0 Å². The van der Waals surface area contributed by atoms with E-state index in [0.717, 1.165) is 12.8 Å². The van der Waals surface area contributed by atoms with Crippen LogP contribution in [0.25, 0.3) is 0 Å². The van der Waals surface area contributed by atoms with Gasteiger partial charge in [0.05, 0.1) is 12.0 Å². The highest BCUT2D eigenvalue weighted by molar-refractivity contribution is 8.47. The van der Waals surface area contributed by atoms with Gasteiger partial charge < -0.3 is 4.74 Å². The van der Waals surface area contributed by atoms with Crippen molar-refractivity contribution in [3.05, 3.63) is 0 Å². The minimum Gasteiger partial charge on any atom is -0.465 e. The number of hydrogen-bond acceptors (Lipinski definition) is 2. The number of rotatable bonds is 6. The standard InChI is InChI=1S/C13H30O2S/c1-8-13(2,3)12(14)15-10-9-11-16(4,5,6)7/h16H,8-11H2,1-7H3. The van der Waals surface area contributed by atoms with Gasteiger partial charge in [-0.25, -0.2) is 0 Å². The van der Waals surface area contributed by atoms with Gasteiger partial charge in [-0.05, 0) is 57.5 Å². The molecule has 0 aliphatic carbocycles. The number of carbonyl (C=O) groups excluding carboxylic acids is 1. The first-order valence-electron chi connectivity index (χ1n) is 6.11. The zero-order valence-electron chi connectivity index (χ0n) is 12.1. The summed E-state index contributed by atoms with van der Waals surface area (Å²) in [5.41, 5.74) is -0.331. The molecule has 2 nitrogen and oxygen atoms in total. The lowest BCUT2D eigenvalue weighted by molar-refractivity contribution is -0.154. The number of thiol groups is 1. The highest BCUT2D eigenvalue weighted by Gasteiger charge is 2.27. The first-order valence-corrected chi connectivity index (χ1v) is 10.3. The van der Waals surface area contributed by atoms with Gasteiger partial charge in [-0.3, -0.25) is 14.0 Å². The van der Waals surface area contributed by atoms with Crippen LogP contribution < -0.4 is 0 Å². The van der Waals surface area contributed by atoms with Crippen molar-refractivity contribution < 1.29 is 9.53 Å². The van der Waals surface area contributed by atoms with E-state index in [2.05, 4.69) is 25.0 Å². The fourth-order valence-corrected chi connectivity index (χ4v) is 2.60. The maximum atomic E-state index is 11.7. The van der Waals surface area contributed by atoms with Crippen molar-refractivity contribution >= 4 is 15.1 Å². The molecule has 0 amide bonds. The van der Waals surface area contributed by atoms with Crippen molar-refractivity contribution in [3.63, 3.8) is 0 Å². The average Bonchev–Trinajstić information content (AvgIpc) is 2.09. The third kappa shape index (κ3) is 7.15. The molecule has 0 heterocycles. The van der Waals surface area contributed by atoms with Gasteiger partial charge in [0.15, 0.2) is 0 Å². The van der Waals surface area contributed by atoms with Crippen LogP contribution in [0.3, 0.4) is 0 Å². The van der Waals surface area contributed by atoms with E-state index in [9.17, 15) is 4.79 Å². The average molecular weight is 250 g/mol. The van der Waals surface area contributed by atoms with Gasteiger partial charge in [-0.1, -0.05) is 6.92 Å². The minimum absolute atomic E-state index is 0.0604. The molecule has 0 fully saturated rings. The van der Waals surface area contributed by atoms with E-state index in [1.54, 1.807) is 0 Å². The second-order valence-electron chi connectivity index (χ2n) is 7.40. The van der Waals surface area contributed by atoms with Crippen LogP contribution in [0, 0.1) is 5.41 Å². The monoisotopic (exact) mass is 250 g/mol. The van der Waals surface area contributed by atoms with Crippen molar-refractivity contribution in [2.45, 2.75) is 33.6 Å². The molecule has 0 saturated heterocycles. The molecule has 0 radical (unpaired) electrons. The normalized spacial score (nSPS) is 15.3. The molecule has 0 aromatic heterocycles. The fraction of sp³-hybridized carbons (Fsp3) is 0.923. The Bertz CT molecular complexity index is 239. The molecule has 100 valence electrons. The zero-order chi connectivity index (χ0) is 13.1. The molecule has 0 atom stereocenters. The molecular formula is C13H30O2S. The van der Waals surface area contributed by atoms with E-state index in [-0.39, 0.29) is 11.4 Å². The van der Waals surface area contributed by atoms with Crippen molar-refractivity contribution in [1.82, 2.24) is 0 Å². The van der Waals surface area contributed by atoms with Crippen molar-refractivity contribution in [3.8, 4) is 0 Å². The Morgan fingerprint density at radius 1 is 1.19 bits per heavy atom. The predicted molar refractivity (Wildman–Crippen MR) is 77.2 cm³/mol. The third-order valence-corrected chi connectivity index (χ3v) is 4.97. The van der Waals surface area contributed by atoms with Crippen LogP contribution in [0.5, 0.6) is 0 Å². The smallest absolute Gasteiger partial charge is 0.311 e. The predicted octanol–water partition coefficient (Wildman–Crippen LogP) is 2.95. The van der Waals surface area contributed by atoms with Gasteiger partial charge >= 0.3 is 5.97 Å². The van der Waals surface area contributed by atoms with Gasteiger partial charge in [0.25, 0.3) is 0 Å². The van der Waals surface area contributed by atoms with Crippen LogP contribution in [-0.4, -0.2) is 43.4 Å². The Balaban J connectivity index is 3.90. The highest BCUT2D eigenvalue weighted by Crippen LogP contribution is 2.55. The highest BCUT2D eigenvalue weighted by atomic mass is 32.3. The molecule has 0 aliphatic rings. The van der Waals surface area contributed by atoms with Gasteiger partial charge in [-0.15, -0.1) is 0 Å². The Morgan fingerprint density at radius 2 is 1.69 bits per heavy atom. The summed E-state index contributed by atoms with van der Waals surface area (Å²) in [6, 6.07) is 0. The second kappa shape index (κ2) is 4.99. The maximum absolute atomic E-state index is 11.7. The van der Waals surface area contributed by atoms with Crippen LogP contribution in [0.15, 0.2) is 0 Å². The lowest BCUT2D eigenvalue weighted by Gasteiger charge is -2.47. The van der Waals surface area contributed by atoms with Crippen molar-refractivity contribution in [2.75, 3.05) is 37.4 Å². The summed E-state index contributed by atoms with van der Waals surface area (Å²) < 4.78 is 5.32. The van der Waals surface area contributed by atoms with E-state index in [4.69, 9.17) is 4.74 Å². The summed E-state index contributed by atoms with van der Waals surface area (Å²) in [6.45, 7) is 6.47. The van der Waals surface area contributed by atoms with Crippen molar-refractivity contribution in [2.24, 2.45) is 5.41 Å². The lowest BCUT2D eigenvalue weighted by atomic mass is 9.91. The number of ether oxygens (including phenoxy) is 1. The number of hydrogen-bond donors (Lipinski definition) is 1. The molecule has 3 heteroatoms. The topological polar surface area (TPSA) is 26.3 Å². The molecule has 0 N–H and O–H groups in total. The third-order valence-electron chi connectivity index (χ3n) is 2.87. The molecule has 0 aliphatic heterocycles. The molecule has 0 rings (SSSR count). The molecule has 0 unspecified atom stereocenters. The molecule has 0 saturated carbocycles. The fourth-order valence-electron chi connectivity index (χ4n) is 1.20. The number of carbonyl (C=O) groups is 1. The summed E-state index contributed by atoms with van der Waals surface area (Å²) in [4.78, 5) is 11.7. The van der Waals surface area contributed by atoms with Crippen LogP contribution in [0.4, 0.5) is 0 Å². The van der Waals surface area contributed by atoms with Crippen LogP contribution in [0.1, 0.15) is 33.6 Å². The van der Waals surface area contributed by atoms with Crippen LogP contribution in [0.2, 0.25) is 0 Å². The van der Waals surface area contributed by atoms with Crippen LogP contribution in [-0.2, 0) is 9.53 Å². The Hall–Kier alpha value is -0.180. The van der Waals surface area contributed by atoms with E-state index in [1.807, 2.05) is 20.8 Å².